The highest BCUT2D eigenvalue weighted by Crippen LogP contribution is 2.26. The van der Waals surface area contributed by atoms with Gasteiger partial charge in [-0.05, 0) is 43.7 Å². The van der Waals surface area contributed by atoms with Crippen molar-refractivity contribution in [1.82, 2.24) is 4.98 Å². The minimum atomic E-state index is -1.12. The average molecular weight is 379 g/mol. The van der Waals surface area contributed by atoms with E-state index in [1.165, 1.54) is 12.3 Å². The Labute approximate surface area is 162 Å². The number of benzene rings is 1. The van der Waals surface area contributed by atoms with Gasteiger partial charge in [-0.15, -0.1) is 0 Å². The summed E-state index contributed by atoms with van der Waals surface area (Å²) in [4.78, 5) is 16.2. The molecule has 7 heteroatoms. The van der Waals surface area contributed by atoms with Gasteiger partial charge in [0, 0.05) is 12.3 Å². The third-order valence-corrected chi connectivity index (χ3v) is 4.02. The van der Waals surface area contributed by atoms with Crippen LogP contribution in [-0.4, -0.2) is 34.9 Å². The van der Waals surface area contributed by atoms with E-state index < -0.39 is 5.97 Å². The quantitative estimate of drug-likeness (QED) is 0.378. The summed E-state index contributed by atoms with van der Waals surface area (Å²) in [7, 11) is 0. The number of para-hydroxylation sites is 1. The molecule has 0 unspecified atom stereocenters. The fourth-order valence-corrected chi connectivity index (χ4v) is 2.76. The second-order valence-corrected chi connectivity index (χ2v) is 6.13. The van der Waals surface area contributed by atoms with Crippen LogP contribution in [0, 0.1) is 5.41 Å². The number of aromatic nitrogens is 1. The highest BCUT2D eigenvalue weighted by atomic mass is 16.5. The Hall–Kier alpha value is -3.61. The molecule has 0 aliphatic carbocycles. The number of pyridine rings is 1. The summed E-state index contributed by atoms with van der Waals surface area (Å²) < 4.78 is 11.0. The summed E-state index contributed by atoms with van der Waals surface area (Å²) >= 11 is 0. The number of hydrogen-bond donors (Lipinski definition) is 3. The van der Waals surface area contributed by atoms with Gasteiger partial charge >= 0.3 is 5.97 Å². The second kappa shape index (κ2) is 8.85. The Morgan fingerprint density at radius 3 is 2.68 bits per heavy atom. The number of carbonyl (C=O) groups is 1. The first-order valence-electron chi connectivity index (χ1n) is 8.85. The smallest absolute Gasteiger partial charge is 0.336 e. The molecule has 0 atom stereocenters. The summed E-state index contributed by atoms with van der Waals surface area (Å²) in [5.74, 6) is 0.488. The predicted molar refractivity (Wildman–Crippen MR) is 106 cm³/mol. The first kappa shape index (κ1) is 19.2. The van der Waals surface area contributed by atoms with Gasteiger partial charge in [0.05, 0.1) is 24.0 Å². The van der Waals surface area contributed by atoms with Crippen LogP contribution < -0.4 is 10.1 Å². The Morgan fingerprint density at radius 2 is 2.04 bits per heavy atom. The van der Waals surface area contributed by atoms with Crippen LogP contribution in [0.25, 0.3) is 11.5 Å². The maximum absolute atomic E-state index is 11.7. The number of furan rings is 1. The maximum atomic E-state index is 11.7. The standard InChI is InChI=1S/C21H21N3O4/c1-14(22)19-16(21(25)26)13-17(18-9-5-11-28-18)24-20(19)23-10-6-12-27-15-7-3-2-4-8-15/h2-5,7-9,11,13,22H,6,10,12H2,1H3,(H,23,24)(H,25,26). The number of ether oxygens (including phenoxy) is 1. The molecule has 0 saturated heterocycles. The van der Waals surface area contributed by atoms with Gasteiger partial charge < -0.3 is 25.0 Å². The lowest BCUT2D eigenvalue weighted by atomic mass is 10.0. The molecule has 2 heterocycles. The van der Waals surface area contributed by atoms with Crippen LogP contribution in [0.1, 0.15) is 29.3 Å². The van der Waals surface area contributed by atoms with Crippen molar-refractivity contribution < 1.29 is 19.1 Å². The van der Waals surface area contributed by atoms with Crippen LogP contribution in [0.2, 0.25) is 0 Å². The molecule has 0 amide bonds. The summed E-state index contributed by atoms with van der Waals surface area (Å²) in [6, 6.07) is 14.4. The molecular formula is C21H21N3O4. The van der Waals surface area contributed by atoms with Gasteiger partial charge in [0.25, 0.3) is 0 Å². The number of carboxylic acids is 1. The molecule has 0 spiro atoms. The van der Waals surface area contributed by atoms with E-state index in [-0.39, 0.29) is 16.8 Å². The average Bonchev–Trinajstić information content (AvgIpc) is 3.22. The Balaban J connectivity index is 1.76. The predicted octanol–water partition coefficient (Wildman–Crippen LogP) is 4.31. The van der Waals surface area contributed by atoms with Crippen molar-refractivity contribution in [3.63, 3.8) is 0 Å². The second-order valence-electron chi connectivity index (χ2n) is 6.13. The first-order valence-corrected chi connectivity index (χ1v) is 8.85. The van der Waals surface area contributed by atoms with E-state index in [2.05, 4.69) is 10.3 Å². The highest BCUT2D eigenvalue weighted by molar-refractivity contribution is 6.09. The van der Waals surface area contributed by atoms with Crippen molar-refractivity contribution in [2.24, 2.45) is 0 Å². The molecule has 3 aromatic rings. The van der Waals surface area contributed by atoms with Gasteiger partial charge in [-0.3, -0.25) is 0 Å². The van der Waals surface area contributed by atoms with Gasteiger partial charge in [-0.25, -0.2) is 9.78 Å². The van der Waals surface area contributed by atoms with Crippen LogP contribution in [0.4, 0.5) is 5.82 Å². The van der Waals surface area contributed by atoms with Crippen LogP contribution in [-0.2, 0) is 0 Å². The van der Waals surface area contributed by atoms with E-state index in [1.807, 2.05) is 30.3 Å². The van der Waals surface area contributed by atoms with Crippen LogP contribution >= 0.6 is 0 Å². The fourth-order valence-electron chi connectivity index (χ4n) is 2.76. The van der Waals surface area contributed by atoms with Crippen molar-refractivity contribution in [1.29, 1.82) is 5.41 Å². The Kier molecular flexibility index (Phi) is 6.06. The molecule has 0 aliphatic heterocycles. The Morgan fingerprint density at radius 1 is 1.25 bits per heavy atom. The lowest BCUT2D eigenvalue weighted by Gasteiger charge is -2.14. The molecule has 144 valence electrons. The molecule has 1 aromatic carbocycles. The van der Waals surface area contributed by atoms with Crippen molar-refractivity contribution in [3.8, 4) is 17.2 Å². The number of carboxylic acid groups (broad SMARTS) is 1. The molecule has 0 bridgehead atoms. The van der Waals surface area contributed by atoms with E-state index in [4.69, 9.17) is 14.6 Å². The number of anilines is 1. The first-order chi connectivity index (χ1) is 13.6. The normalized spacial score (nSPS) is 10.5. The van der Waals surface area contributed by atoms with Gasteiger partial charge in [0.2, 0.25) is 0 Å². The van der Waals surface area contributed by atoms with Crippen LogP contribution in [0.3, 0.4) is 0 Å². The molecule has 3 rings (SSSR count). The number of hydrogen-bond acceptors (Lipinski definition) is 6. The third-order valence-electron chi connectivity index (χ3n) is 4.02. The van der Waals surface area contributed by atoms with Gasteiger partial charge in [-0.1, -0.05) is 18.2 Å². The number of nitrogens with zero attached hydrogens (tertiary/aromatic N) is 1. The number of aromatic carboxylic acids is 1. The zero-order valence-electron chi connectivity index (χ0n) is 15.4. The minimum Gasteiger partial charge on any atom is -0.494 e. The molecule has 28 heavy (non-hydrogen) atoms. The van der Waals surface area contributed by atoms with Crippen LogP contribution in [0.5, 0.6) is 5.75 Å². The van der Waals surface area contributed by atoms with E-state index in [1.54, 1.807) is 19.1 Å². The minimum absolute atomic E-state index is 0.0111. The molecule has 7 nitrogen and oxygen atoms in total. The van der Waals surface area contributed by atoms with Crippen molar-refractivity contribution in [2.75, 3.05) is 18.5 Å². The van der Waals surface area contributed by atoms with Crippen molar-refractivity contribution in [3.05, 3.63) is 65.9 Å². The lowest BCUT2D eigenvalue weighted by molar-refractivity contribution is 0.0696. The molecule has 0 fully saturated rings. The van der Waals surface area contributed by atoms with E-state index in [9.17, 15) is 9.90 Å². The largest absolute Gasteiger partial charge is 0.494 e. The summed E-state index contributed by atoms with van der Waals surface area (Å²) in [6.45, 7) is 2.56. The highest BCUT2D eigenvalue weighted by Gasteiger charge is 2.20. The summed E-state index contributed by atoms with van der Waals surface area (Å²) in [5.41, 5.74) is 0.804. The van der Waals surface area contributed by atoms with Crippen molar-refractivity contribution in [2.45, 2.75) is 13.3 Å². The SMILES string of the molecule is CC(=N)c1c(C(=O)O)cc(-c2ccco2)nc1NCCCOc1ccccc1. The summed E-state index contributed by atoms with van der Waals surface area (Å²) in [5, 5.41) is 20.7. The molecule has 0 radical (unpaired) electrons. The Bertz CT molecular complexity index is 953. The molecule has 3 N–H and O–H groups in total. The molecule has 2 aromatic heterocycles. The van der Waals surface area contributed by atoms with E-state index in [0.29, 0.717) is 36.8 Å². The fraction of sp³-hybridized carbons (Fsp3) is 0.190. The number of rotatable bonds is 9. The zero-order chi connectivity index (χ0) is 19.9. The third kappa shape index (κ3) is 4.56. The van der Waals surface area contributed by atoms with Gasteiger partial charge in [-0.2, -0.15) is 0 Å². The van der Waals surface area contributed by atoms with Crippen molar-refractivity contribution >= 4 is 17.5 Å². The van der Waals surface area contributed by atoms with E-state index >= 15 is 0 Å². The molecule has 0 aliphatic rings. The van der Waals surface area contributed by atoms with E-state index in [0.717, 1.165) is 5.75 Å². The topological polar surface area (TPSA) is 108 Å². The van der Waals surface area contributed by atoms with Gasteiger partial charge in [0.1, 0.15) is 17.3 Å². The van der Waals surface area contributed by atoms with Crippen LogP contribution in [0.15, 0.2) is 59.2 Å². The lowest BCUT2D eigenvalue weighted by Crippen LogP contribution is -2.15. The molecule has 0 saturated carbocycles. The zero-order valence-corrected chi connectivity index (χ0v) is 15.4. The van der Waals surface area contributed by atoms with Gasteiger partial charge in [0.15, 0.2) is 5.76 Å². The maximum Gasteiger partial charge on any atom is 0.336 e. The summed E-state index contributed by atoms with van der Waals surface area (Å²) in [6.07, 6.45) is 2.18. The molecular weight excluding hydrogens is 358 g/mol. The number of nitrogens with one attached hydrogen (secondary N) is 2. The monoisotopic (exact) mass is 379 g/mol.